The van der Waals surface area contributed by atoms with Crippen LogP contribution >= 0.6 is 0 Å². The average molecular weight is 1220 g/mol. The van der Waals surface area contributed by atoms with Crippen LogP contribution in [0.15, 0.2) is 47.3 Å². The number of rotatable bonds is 4. The summed E-state index contributed by atoms with van der Waals surface area (Å²) in [5.74, 6) is -0.834. The van der Waals surface area contributed by atoms with Crippen LogP contribution in [0.4, 0.5) is 0 Å². The zero-order valence-corrected chi connectivity index (χ0v) is 54.5. The Hall–Kier alpha value is -1.45. The Balaban J connectivity index is -0.0000000371. The first-order valence-electron chi connectivity index (χ1n) is 21.4. The number of carbonyl (C=O) groups excluding carboxylic acids is 4. The second-order valence-electron chi connectivity index (χ2n) is 21.5. The number of hydrogen-bond donors (Lipinski definition) is 4. The van der Waals surface area contributed by atoms with Gasteiger partial charge in [0.15, 0.2) is 23.1 Å². The molecule has 0 aromatic rings. The van der Waals surface area contributed by atoms with Gasteiger partial charge in [0, 0.05) is 50.1 Å². The Kier molecular flexibility index (Phi) is 93.7. The number of allylic oxidation sites excluding steroid dienone is 8. The van der Waals surface area contributed by atoms with E-state index < -0.39 is 43.3 Å². The smallest absolute Gasteiger partial charge is 0.875 e. The van der Waals surface area contributed by atoms with Crippen molar-refractivity contribution in [3.8, 4) is 0 Å². The van der Waals surface area contributed by atoms with E-state index in [-0.39, 0.29) is 113 Å². The van der Waals surface area contributed by atoms with Gasteiger partial charge in [-0.3, -0.25) is 19.2 Å². The molecule has 0 saturated heterocycles. The molecule has 0 aliphatic carbocycles. The van der Waals surface area contributed by atoms with Crippen molar-refractivity contribution in [1.29, 1.82) is 0 Å². The van der Waals surface area contributed by atoms with Crippen molar-refractivity contribution in [2.24, 2.45) is 43.3 Å². The van der Waals surface area contributed by atoms with Gasteiger partial charge in [-0.05, 0) is 46.0 Å². The van der Waals surface area contributed by atoms with Gasteiger partial charge < -0.3 is 61.3 Å². The van der Waals surface area contributed by atoms with Gasteiger partial charge >= 0.3 is 67.1 Å². The first-order chi connectivity index (χ1) is 30.2. The molecular weight excluding hydrogens is 1120 g/mol. The summed E-state index contributed by atoms with van der Waals surface area (Å²) in [6, 6.07) is 0. The maximum atomic E-state index is 11.4. The SMILES string of the molecule is CC(C)(C)C(=O)/C=C(\[O-])C(C)(C)C.CC(C)(C)C(=O)/C=C(\[O-])C(C)(C)C.CC(C)(C)C(=O)/C=C(\[O-])C(C)(C)C.CC(C)(C)C(=O)/C=C(\[O-])C(C)(C)C.CO.CO.CO.CO.C[O-].C[O-].C[O-].C[O-].[Co+2].[Co+2].[Co+2].[Co+2]. The monoisotopic (exact) mass is 1220 g/mol. The fourth-order valence-corrected chi connectivity index (χ4v) is 2.21. The van der Waals surface area contributed by atoms with E-state index in [1.165, 1.54) is 24.3 Å². The first kappa shape index (κ1) is 115. The maximum absolute atomic E-state index is 11.4. The van der Waals surface area contributed by atoms with E-state index in [0.717, 1.165) is 56.9 Å². The van der Waals surface area contributed by atoms with E-state index in [9.17, 15) is 39.6 Å². The summed E-state index contributed by atoms with van der Waals surface area (Å²) in [5, 5.41) is 107. The Labute approximate surface area is 481 Å². The molecule has 0 fully saturated rings. The Morgan fingerprint density at radius 3 is 0.347 bits per heavy atom. The molecule has 0 aromatic carbocycles. The van der Waals surface area contributed by atoms with E-state index in [1.54, 1.807) is 0 Å². The molecule has 0 heterocycles. The number of carbonyl (C=O) groups is 4. The van der Waals surface area contributed by atoms with Crippen LogP contribution < -0.4 is 40.9 Å². The molecule has 0 saturated carbocycles. The zero-order chi connectivity index (χ0) is 59.4. The molecule has 4 N–H and O–H groups in total. The predicted molar refractivity (Wildman–Crippen MR) is 264 cm³/mol. The van der Waals surface area contributed by atoms with Crippen molar-refractivity contribution in [2.45, 2.75) is 166 Å². The molecule has 0 aliphatic rings. The van der Waals surface area contributed by atoms with Crippen LogP contribution in [-0.2, 0) is 86.3 Å². The van der Waals surface area contributed by atoms with E-state index in [4.69, 9.17) is 40.9 Å². The number of aliphatic hydroxyl groups excluding tert-OH is 4. The number of aliphatic hydroxyl groups is 4. The van der Waals surface area contributed by atoms with Crippen LogP contribution in [0.2, 0.25) is 0 Å². The minimum absolute atomic E-state index is 0. The first-order valence-corrected chi connectivity index (χ1v) is 21.4. The molecule has 0 atom stereocenters. The van der Waals surface area contributed by atoms with Crippen molar-refractivity contribution in [3.05, 3.63) is 47.3 Å². The van der Waals surface area contributed by atoms with E-state index in [2.05, 4.69) is 0 Å². The standard InChI is InChI=1S/4C11H20O2.4CH4O.4CH3O.4Co/c4*1-10(2,3)8(12)7-9(13)11(4,5)6;8*1-2;;;;/h4*7,12H,1-6H3;4*2H,1H3;4*1H3;;;;/q;;;;;;;;4*-1;4*+2/p-4/b4*8-7-;;;;;;;;;;;;. The molecule has 0 bridgehead atoms. The van der Waals surface area contributed by atoms with Crippen LogP contribution in [0.3, 0.4) is 0 Å². The van der Waals surface area contributed by atoms with Crippen LogP contribution in [-0.4, -0.2) is 100 Å². The Bertz CT molecular complexity index is 1150. The summed E-state index contributed by atoms with van der Waals surface area (Å²) in [6.07, 6.45) is 4.89. The third-order valence-electron chi connectivity index (χ3n) is 6.96. The maximum Gasteiger partial charge on any atom is 2.00 e. The van der Waals surface area contributed by atoms with Crippen molar-refractivity contribution < 1.29 is 148 Å². The van der Waals surface area contributed by atoms with Crippen LogP contribution in [0, 0.1) is 43.3 Å². The number of hydrogen-bond acceptors (Lipinski definition) is 16. The molecule has 20 heteroatoms. The van der Waals surface area contributed by atoms with Crippen LogP contribution in [0.1, 0.15) is 166 Å². The minimum Gasteiger partial charge on any atom is -0.875 e. The molecule has 0 aromatic heterocycles. The van der Waals surface area contributed by atoms with E-state index >= 15 is 0 Å². The predicted octanol–water partition coefficient (Wildman–Crippen LogP) is 1.90. The zero-order valence-electron chi connectivity index (χ0n) is 50.3. The van der Waals surface area contributed by atoms with Crippen molar-refractivity contribution in [3.63, 3.8) is 0 Å². The quantitative estimate of drug-likeness (QED) is 0.231. The summed E-state index contributed by atoms with van der Waals surface area (Å²) in [5.41, 5.74) is -3.66. The van der Waals surface area contributed by atoms with Crippen molar-refractivity contribution in [1.82, 2.24) is 0 Å². The summed E-state index contributed by atoms with van der Waals surface area (Å²) in [6.45, 7) is 43.4. The fraction of sp³-hybridized carbons (Fsp3) is 0.769. The molecule has 0 rings (SSSR count). The Morgan fingerprint density at radius 1 is 0.236 bits per heavy atom. The van der Waals surface area contributed by atoms with E-state index in [0.29, 0.717) is 0 Å². The largest absolute Gasteiger partial charge is 2.00 e. The number of ketones is 4. The molecule has 444 valence electrons. The van der Waals surface area contributed by atoms with Gasteiger partial charge in [0.1, 0.15) is 0 Å². The van der Waals surface area contributed by atoms with Crippen LogP contribution in [0.5, 0.6) is 0 Å². The van der Waals surface area contributed by atoms with Gasteiger partial charge in [-0.2, -0.15) is 28.4 Å². The van der Waals surface area contributed by atoms with Gasteiger partial charge in [-0.1, -0.05) is 166 Å². The molecule has 4 radical (unpaired) electrons. The molecule has 0 unspecified atom stereocenters. The van der Waals surface area contributed by atoms with E-state index in [1.807, 2.05) is 166 Å². The third kappa shape index (κ3) is 79.9. The minimum atomic E-state index is -0.457. The second kappa shape index (κ2) is 58.8. The summed E-state index contributed by atoms with van der Waals surface area (Å²) >= 11 is 0. The fourth-order valence-electron chi connectivity index (χ4n) is 2.21. The normalized spacial score (nSPS) is 11.1. The molecule has 0 aliphatic heterocycles. The van der Waals surface area contributed by atoms with Gasteiger partial charge in [-0.25, -0.2) is 0 Å². The molecule has 0 amide bonds. The summed E-state index contributed by atoms with van der Waals surface area (Å²) in [4.78, 5) is 45.8. The third-order valence-corrected chi connectivity index (χ3v) is 6.96. The summed E-state index contributed by atoms with van der Waals surface area (Å²) < 4.78 is 0. The topological polar surface area (TPSA) is 334 Å². The molecule has 16 nitrogen and oxygen atoms in total. The van der Waals surface area contributed by atoms with Crippen molar-refractivity contribution in [2.75, 3.05) is 56.9 Å². The molecular formula is C52H104Co4O16. The second-order valence-corrected chi connectivity index (χ2v) is 21.5. The van der Waals surface area contributed by atoms with Gasteiger partial charge in [0.25, 0.3) is 0 Å². The van der Waals surface area contributed by atoms with Gasteiger partial charge in [0.2, 0.25) is 0 Å². The van der Waals surface area contributed by atoms with Crippen LogP contribution in [0.25, 0.3) is 0 Å². The average Bonchev–Trinajstić information content (AvgIpc) is 3.21. The summed E-state index contributed by atoms with van der Waals surface area (Å²) in [7, 11) is 7.00. The molecule has 72 heavy (non-hydrogen) atoms. The molecule has 0 spiro atoms. The van der Waals surface area contributed by atoms with Crippen molar-refractivity contribution >= 4 is 23.1 Å². The van der Waals surface area contributed by atoms with Gasteiger partial charge in [0.05, 0.1) is 0 Å². The van der Waals surface area contributed by atoms with Gasteiger partial charge in [-0.15, -0.1) is 23.0 Å². The Morgan fingerprint density at radius 2 is 0.306 bits per heavy atom.